The molecule has 0 N–H and O–H groups in total. The van der Waals surface area contributed by atoms with Crippen molar-refractivity contribution in [1.82, 2.24) is 24.2 Å². The smallest absolute Gasteiger partial charge is 0.252 e. The van der Waals surface area contributed by atoms with E-state index in [1.54, 1.807) is 28.6 Å². The second-order valence-corrected chi connectivity index (χ2v) is 9.77. The van der Waals surface area contributed by atoms with Gasteiger partial charge in [0.15, 0.2) is 0 Å². The van der Waals surface area contributed by atoms with E-state index in [1.807, 2.05) is 13.0 Å². The maximum atomic E-state index is 12.8. The third-order valence-electron chi connectivity index (χ3n) is 7.35. The average molecular weight is 470 g/mol. The van der Waals surface area contributed by atoms with Crippen LogP contribution in [-0.4, -0.2) is 49.4 Å². The molecule has 0 amide bonds. The van der Waals surface area contributed by atoms with Crippen LogP contribution in [0.15, 0.2) is 47.4 Å². The van der Waals surface area contributed by atoms with Gasteiger partial charge in [-0.3, -0.25) is 19.4 Å². The minimum atomic E-state index is -0.0707. The van der Waals surface area contributed by atoms with E-state index < -0.39 is 0 Å². The lowest BCUT2D eigenvalue weighted by Gasteiger charge is -2.47. The topological polar surface area (TPSA) is 83.0 Å². The molecule has 3 atom stereocenters. The number of nitriles is 1. The summed E-state index contributed by atoms with van der Waals surface area (Å²) < 4.78 is 3.21. The highest BCUT2D eigenvalue weighted by Crippen LogP contribution is 2.33. The predicted molar refractivity (Wildman–Crippen MR) is 138 cm³/mol. The van der Waals surface area contributed by atoms with Crippen molar-refractivity contribution >= 4 is 27.6 Å². The van der Waals surface area contributed by atoms with Crippen LogP contribution in [0, 0.1) is 18.3 Å². The van der Waals surface area contributed by atoms with Crippen molar-refractivity contribution in [1.29, 1.82) is 5.26 Å². The van der Waals surface area contributed by atoms with Gasteiger partial charge in [0.1, 0.15) is 12.1 Å². The fourth-order valence-corrected chi connectivity index (χ4v) is 5.33. The number of pyridine rings is 2. The van der Waals surface area contributed by atoms with Gasteiger partial charge in [0.05, 0.1) is 29.0 Å². The Balaban J connectivity index is 1.45. The van der Waals surface area contributed by atoms with Gasteiger partial charge in [-0.1, -0.05) is 18.2 Å². The molecular formula is C27H31N7O. The normalized spacial score (nSPS) is 19.8. The predicted octanol–water partition coefficient (Wildman–Crippen LogP) is 3.78. The largest absolute Gasteiger partial charge is 0.364 e. The van der Waals surface area contributed by atoms with E-state index in [9.17, 15) is 4.79 Å². The van der Waals surface area contributed by atoms with Crippen LogP contribution in [0.25, 0.3) is 21.9 Å². The summed E-state index contributed by atoms with van der Waals surface area (Å²) in [4.78, 5) is 22.3. The molecular weight excluding hydrogens is 438 g/mol. The van der Waals surface area contributed by atoms with Gasteiger partial charge < -0.3 is 9.47 Å². The number of nitrogens with zero attached hydrogens (tertiary/aromatic N) is 7. The summed E-state index contributed by atoms with van der Waals surface area (Å²) in [7, 11) is 1.75. The second-order valence-electron chi connectivity index (χ2n) is 9.77. The SMILES string of the molecule is Cc1ccc2ccc(C(C)N3C[C@H](C)N(c4cc(=O)n(C)c5cn(CC#N)nc45)C[C@H]3C)cc2n1. The number of aromatic nitrogens is 4. The molecule has 0 bridgehead atoms. The van der Waals surface area contributed by atoms with Crippen LogP contribution in [-0.2, 0) is 13.6 Å². The molecule has 35 heavy (non-hydrogen) atoms. The molecule has 5 rings (SSSR count). The van der Waals surface area contributed by atoms with Crippen LogP contribution in [0.4, 0.5) is 5.69 Å². The van der Waals surface area contributed by atoms with E-state index in [4.69, 9.17) is 10.2 Å². The van der Waals surface area contributed by atoms with Crippen molar-refractivity contribution in [2.24, 2.45) is 7.05 Å². The monoisotopic (exact) mass is 469 g/mol. The highest BCUT2D eigenvalue weighted by Gasteiger charge is 2.34. The van der Waals surface area contributed by atoms with E-state index >= 15 is 0 Å². The average Bonchev–Trinajstić information content (AvgIpc) is 3.26. The minimum Gasteiger partial charge on any atom is -0.364 e. The van der Waals surface area contributed by atoms with Crippen molar-refractivity contribution in [3.05, 3.63) is 64.2 Å². The number of rotatable bonds is 4. The number of aryl methyl sites for hydroxylation is 2. The fraction of sp³-hybridized carbons (Fsp3) is 0.407. The first kappa shape index (κ1) is 23.1. The van der Waals surface area contributed by atoms with Gasteiger partial charge in [0, 0.05) is 55.4 Å². The van der Waals surface area contributed by atoms with Gasteiger partial charge in [-0.05, 0) is 45.4 Å². The van der Waals surface area contributed by atoms with E-state index in [1.165, 1.54) is 5.56 Å². The third kappa shape index (κ3) is 4.06. The van der Waals surface area contributed by atoms with Crippen LogP contribution in [0.3, 0.4) is 0 Å². The highest BCUT2D eigenvalue weighted by atomic mass is 16.1. The van der Waals surface area contributed by atoms with E-state index in [-0.39, 0.29) is 30.2 Å². The molecule has 0 spiro atoms. The Morgan fingerprint density at radius 1 is 1.14 bits per heavy atom. The minimum absolute atomic E-state index is 0.0707. The zero-order valence-electron chi connectivity index (χ0n) is 20.9. The summed E-state index contributed by atoms with van der Waals surface area (Å²) in [5.41, 5.74) is 5.60. The molecule has 0 radical (unpaired) electrons. The second kappa shape index (κ2) is 8.82. The molecule has 0 saturated carbocycles. The lowest BCUT2D eigenvalue weighted by molar-refractivity contribution is 0.119. The van der Waals surface area contributed by atoms with Crippen molar-refractivity contribution in [3.63, 3.8) is 0 Å². The zero-order valence-corrected chi connectivity index (χ0v) is 20.9. The molecule has 1 aliphatic heterocycles. The van der Waals surface area contributed by atoms with Crippen LogP contribution in [0.1, 0.15) is 38.1 Å². The Bertz CT molecular complexity index is 1510. The first-order chi connectivity index (χ1) is 16.8. The van der Waals surface area contributed by atoms with Crippen molar-refractivity contribution < 1.29 is 0 Å². The molecule has 1 fully saturated rings. The number of benzene rings is 1. The Hall–Kier alpha value is -3.70. The molecule has 1 unspecified atom stereocenters. The number of hydrogen-bond donors (Lipinski definition) is 0. The van der Waals surface area contributed by atoms with E-state index in [2.05, 4.69) is 66.0 Å². The van der Waals surface area contributed by atoms with Crippen LogP contribution in [0.5, 0.6) is 0 Å². The van der Waals surface area contributed by atoms with Crippen LogP contribution >= 0.6 is 0 Å². The number of anilines is 1. The molecule has 3 aromatic heterocycles. The Labute approximate surface area is 205 Å². The van der Waals surface area contributed by atoms with Crippen molar-refractivity contribution in [2.45, 2.75) is 52.4 Å². The molecule has 1 aromatic carbocycles. The highest BCUT2D eigenvalue weighted by molar-refractivity contribution is 5.88. The molecule has 1 aliphatic rings. The zero-order chi connectivity index (χ0) is 24.9. The van der Waals surface area contributed by atoms with Crippen molar-refractivity contribution in [2.75, 3.05) is 18.0 Å². The molecule has 8 nitrogen and oxygen atoms in total. The van der Waals surface area contributed by atoms with Gasteiger partial charge in [-0.25, -0.2) is 0 Å². The quantitative estimate of drug-likeness (QED) is 0.452. The lowest BCUT2D eigenvalue weighted by atomic mass is 9.99. The number of hydrogen-bond acceptors (Lipinski definition) is 6. The molecule has 8 heteroatoms. The standard InChI is InChI=1S/C27H31N7O/c1-17-6-7-21-8-9-22(12-23(21)29-17)20(4)33-14-19(3)34(15-18(33)2)24-13-26(35)31(5)25-16-32(11-10-28)30-27(24)25/h6-9,12-13,16,18-20H,11,14-15H2,1-5H3/t18-,19+,20?/m1/s1. The Morgan fingerprint density at radius 2 is 1.91 bits per heavy atom. The number of piperazine rings is 1. The maximum absolute atomic E-state index is 12.8. The summed E-state index contributed by atoms with van der Waals surface area (Å²) in [6.07, 6.45) is 1.78. The van der Waals surface area contributed by atoms with E-state index in [0.717, 1.165) is 46.4 Å². The molecule has 4 heterocycles. The number of fused-ring (bicyclic) bond motifs is 2. The summed E-state index contributed by atoms with van der Waals surface area (Å²) >= 11 is 0. The van der Waals surface area contributed by atoms with Gasteiger partial charge in [-0.2, -0.15) is 10.4 Å². The molecule has 4 aromatic rings. The summed E-state index contributed by atoms with van der Waals surface area (Å²) in [5.74, 6) is 0. The first-order valence-corrected chi connectivity index (χ1v) is 12.1. The van der Waals surface area contributed by atoms with Crippen LogP contribution in [0.2, 0.25) is 0 Å². The molecule has 0 aliphatic carbocycles. The van der Waals surface area contributed by atoms with Crippen LogP contribution < -0.4 is 10.5 Å². The van der Waals surface area contributed by atoms with Gasteiger partial charge >= 0.3 is 0 Å². The summed E-state index contributed by atoms with van der Waals surface area (Å²) in [6.45, 7) is 10.5. The summed E-state index contributed by atoms with van der Waals surface area (Å²) in [6, 6.07) is 15.3. The van der Waals surface area contributed by atoms with Crippen molar-refractivity contribution in [3.8, 4) is 6.07 Å². The first-order valence-electron chi connectivity index (χ1n) is 12.1. The maximum Gasteiger partial charge on any atom is 0.252 e. The summed E-state index contributed by atoms with van der Waals surface area (Å²) in [5, 5.41) is 14.9. The molecule has 180 valence electrons. The lowest BCUT2D eigenvalue weighted by Crippen LogP contribution is -2.57. The Kier molecular flexibility index (Phi) is 5.81. The van der Waals surface area contributed by atoms with Gasteiger partial charge in [-0.15, -0.1) is 0 Å². The van der Waals surface area contributed by atoms with Gasteiger partial charge in [0.2, 0.25) is 0 Å². The van der Waals surface area contributed by atoms with E-state index in [0.29, 0.717) is 0 Å². The molecule has 1 saturated heterocycles. The third-order valence-corrected chi connectivity index (χ3v) is 7.35. The fourth-order valence-electron chi connectivity index (χ4n) is 5.33. The van der Waals surface area contributed by atoms with Gasteiger partial charge in [0.25, 0.3) is 5.56 Å². The Morgan fingerprint density at radius 3 is 2.69 bits per heavy atom.